The second-order valence-electron chi connectivity index (χ2n) is 7.70. The predicted molar refractivity (Wildman–Crippen MR) is 107 cm³/mol. The molecular weight excluding hydrogens is 356 g/mol. The van der Waals surface area contributed by atoms with E-state index in [1.165, 1.54) is 0 Å². The number of aromatic amines is 1. The van der Waals surface area contributed by atoms with Crippen molar-refractivity contribution in [2.75, 3.05) is 39.9 Å². The van der Waals surface area contributed by atoms with E-state index in [2.05, 4.69) is 22.2 Å². The van der Waals surface area contributed by atoms with Crippen molar-refractivity contribution in [3.63, 3.8) is 0 Å². The Morgan fingerprint density at radius 1 is 1.18 bits per heavy atom. The Morgan fingerprint density at radius 3 is 2.79 bits per heavy atom. The maximum atomic E-state index is 12.7. The fraction of sp³-hybridized carbons (Fsp3) is 0.524. The number of aromatic nitrogens is 1. The van der Waals surface area contributed by atoms with Crippen LogP contribution in [0.1, 0.15) is 29.6 Å². The summed E-state index contributed by atoms with van der Waals surface area (Å²) in [4.78, 5) is 32.5. The number of likely N-dealkylation sites (tertiary alicyclic amines) is 1. The van der Waals surface area contributed by atoms with Gasteiger partial charge in [-0.15, -0.1) is 0 Å². The number of ether oxygens (including phenoxy) is 1. The molecule has 0 saturated carbocycles. The Labute approximate surface area is 165 Å². The van der Waals surface area contributed by atoms with Gasteiger partial charge in [-0.3, -0.25) is 14.5 Å². The Kier molecular flexibility index (Phi) is 5.64. The van der Waals surface area contributed by atoms with Crippen molar-refractivity contribution < 1.29 is 14.3 Å². The minimum atomic E-state index is -0.0496. The average Bonchev–Trinajstić information content (AvgIpc) is 3.34. The van der Waals surface area contributed by atoms with E-state index in [-0.39, 0.29) is 23.9 Å². The molecule has 2 atom stereocenters. The number of H-pyrrole nitrogens is 1. The summed E-state index contributed by atoms with van der Waals surface area (Å²) < 4.78 is 5.32. The van der Waals surface area contributed by atoms with Gasteiger partial charge in [0, 0.05) is 60.8 Å². The minimum Gasteiger partial charge on any atom is -0.378 e. The van der Waals surface area contributed by atoms with Crippen molar-refractivity contribution in [1.29, 1.82) is 0 Å². The monoisotopic (exact) mass is 384 g/mol. The molecule has 2 N–H and O–H groups in total. The van der Waals surface area contributed by atoms with E-state index in [9.17, 15) is 9.59 Å². The van der Waals surface area contributed by atoms with Gasteiger partial charge in [-0.2, -0.15) is 0 Å². The second-order valence-corrected chi connectivity index (χ2v) is 7.70. The molecular formula is C21H28N4O3. The largest absolute Gasteiger partial charge is 0.378 e. The number of hydrogen-bond donors (Lipinski definition) is 2. The number of carbonyl (C=O) groups excluding carboxylic acids is 2. The lowest BCUT2D eigenvalue weighted by atomic mass is 10.1. The van der Waals surface area contributed by atoms with Gasteiger partial charge in [0.1, 0.15) is 0 Å². The molecule has 1 aromatic carbocycles. The number of morpholine rings is 1. The molecule has 2 amide bonds. The molecule has 2 aromatic rings. The fourth-order valence-corrected chi connectivity index (χ4v) is 4.31. The van der Waals surface area contributed by atoms with Gasteiger partial charge in [0.15, 0.2) is 0 Å². The molecule has 0 radical (unpaired) electrons. The number of nitrogens with zero attached hydrogens (tertiary/aromatic N) is 2. The molecule has 2 aliphatic rings. The maximum Gasteiger partial charge on any atom is 0.252 e. The van der Waals surface area contributed by atoms with Crippen LogP contribution in [0.3, 0.4) is 0 Å². The van der Waals surface area contributed by atoms with Crippen LogP contribution in [0.15, 0.2) is 30.5 Å². The standard InChI is InChI=1S/C21H28N4O3/c1-24-15(13-20(26)25-9-11-28-12-10-25)5-6-16(24)14-23-21(27)18-3-2-4-19-17(18)7-8-22-19/h2-4,7-8,15-16,22H,5-6,9-14H2,1H3,(H,23,27)/t15-,16+/m1/s1. The molecule has 150 valence electrons. The third-order valence-electron chi connectivity index (χ3n) is 6.10. The molecule has 7 nitrogen and oxygen atoms in total. The first-order valence-corrected chi connectivity index (χ1v) is 10.1. The molecule has 4 rings (SSSR count). The molecule has 1 aromatic heterocycles. The summed E-state index contributed by atoms with van der Waals surface area (Å²) in [5.74, 6) is 0.162. The van der Waals surface area contributed by atoms with Crippen LogP contribution in [0, 0.1) is 0 Å². The molecule has 0 bridgehead atoms. The molecule has 0 aliphatic carbocycles. The average molecular weight is 384 g/mol. The first kappa shape index (κ1) is 19.0. The van der Waals surface area contributed by atoms with Crippen molar-refractivity contribution in [2.45, 2.75) is 31.3 Å². The molecule has 2 aliphatic heterocycles. The van der Waals surface area contributed by atoms with E-state index >= 15 is 0 Å². The van der Waals surface area contributed by atoms with Gasteiger partial charge in [-0.1, -0.05) is 6.07 Å². The third-order valence-corrected chi connectivity index (χ3v) is 6.10. The maximum absolute atomic E-state index is 12.7. The van der Waals surface area contributed by atoms with E-state index in [4.69, 9.17) is 4.74 Å². The summed E-state index contributed by atoms with van der Waals surface area (Å²) in [6.45, 7) is 3.25. The lowest BCUT2D eigenvalue weighted by molar-refractivity contribution is -0.136. The predicted octanol–water partition coefficient (Wildman–Crippen LogP) is 1.61. The quantitative estimate of drug-likeness (QED) is 0.821. The number of rotatable bonds is 5. The number of amides is 2. The van der Waals surface area contributed by atoms with Crippen LogP contribution in [-0.4, -0.2) is 78.6 Å². The van der Waals surface area contributed by atoms with Gasteiger partial charge < -0.3 is 19.9 Å². The minimum absolute atomic E-state index is 0.0496. The highest BCUT2D eigenvalue weighted by Gasteiger charge is 2.33. The van der Waals surface area contributed by atoms with Crippen LogP contribution in [0.4, 0.5) is 0 Å². The van der Waals surface area contributed by atoms with Crippen LogP contribution in [0.2, 0.25) is 0 Å². The molecule has 0 unspecified atom stereocenters. The van der Waals surface area contributed by atoms with Crippen molar-refractivity contribution in [1.82, 2.24) is 20.1 Å². The number of likely N-dealkylation sites (N-methyl/N-ethyl adjacent to an activating group) is 1. The van der Waals surface area contributed by atoms with Crippen LogP contribution in [0.25, 0.3) is 10.9 Å². The number of nitrogens with one attached hydrogen (secondary N) is 2. The van der Waals surface area contributed by atoms with Gasteiger partial charge in [-0.25, -0.2) is 0 Å². The Morgan fingerprint density at radius 2 is 1.96 bits per heavy atom. The number of fused-ring (bicyclic) bond motifs is 1. The van der Waals surface area contributed by atoms with E-state index in [0.717, 1.165) is 23.7 Å². The molecule has 3 heterocycles. The summed E-state index contributed by atoms with van der Waals surface area (Å²) in [6.07, 6.45) is 4.37. The first-order chi connectivity index (χ1) is 13.6. The summed E-state index contributed by atoms with van der Waals surface area (Å²) in [7, 11) is 2.06. The van der Waals surface area contributed by atoms with Gasteiger partial charge >= 0.3 is 0 Å². The highest BCUT2D eigenvalue weighted by Crippen LogP contribution is 2.25. The molecule has 2 saturated heterocycles. The van der Waals surface area contributed by atoms with Gasteiger partial charge in [0.2, 0.25) is 5.91 Å². The van der Waals surface area contributed by atoms with Crippen molar-refractivity contribution in [3.8, 4) is 0 Å². The van der Waals surface area contributed by atoms with Crippen molar-refractivity contribution in [3.05, 3.63) is 36.0 Å². The Bertz CT molecular complexity index is 843. The smallest absolute Gasteiger partial charge is 0.252 e. The third kappa shape index (κ3) is 3.91. The van der Waals surface area contributed by atoms with Crippen LogP contribution in [0.5, 0.6) is 0 Å². The van der Waals surface area contributed by atoms with Crippen LogP contribution >= 0.6 is 0 Å². The number of hydrogen-bond acceptors (Lipinski definition) is 4. The lowest BCUT2D eigenvalue weighted by Crippen LogP contribution is -2.45. The molecule has 28 heavy (non-hydrogen) atoms. The van der Waals surface area contributed by atoms with Gasteiger partial charge in [0.05, 0.1) is 13.2 Å². The zero-order valence-electron chi connectivity index (χ0n) is 16.3. The number of carbonyl (C=O) groups is 2. The van der Waals surface area contributed by atoms with E-state index in [1.807, 2.05) is 35.4 Å². The zero-order chi connectivity index (χ0) is 19.5. The molecule has 0 spiro atoms. The van der Waals surface area contributed by atoms with E-state index < -0.39 is 0 Å². The highest BCUT2D eigenvalue weighted by atomic mass is 16.5. The lowest BCUT2D eigenvalue weighted by Gasteiger charge is -2.30. The van der Waals surface area contributed by atoms with Gasteiger partial charge in [-0.05, 0) is 38.1 Å². The van der Waals surface area contributed by atoms with E-state index in [0.29, 0.717) is 44.8 Å². The fourth-order valence-electron chi connectivity index (χ4n) is 4.31. The van der Waals surface area contributed by atoms with Crippen molar-refractivity contribution >= 4 is 22.7 Å². The van der Waals surface area contributed by atoms with Crippen LogP contribution in [-0.2, 0) is 9.53 Å². The Hall–Kier alpha value is -2.38. The second kappa shape index (κ2) is 8.32. The summed E-state index contributed by atoms with van der Waals surface area (Å²) in [6, 6.07) is 8.14. The normalized spacial score (nSPS) is 23.2. The van der Waals surface area contributed by atoms with Gasteiger partial charge in [0.25, 0.3) is 5.91 Å². The first-order valence-electron chi connectivity index (χ1n) is 10.1. The van der Waals surface area contributed by atoms with E-state index in [1.54, 1.807) is 0 Å². The van der Waals surface area contributed by atoms with Crippen molar-refractivity contribution in [2.24, 2.45) is 0 Å². The molecule has 2 fully saturated rings. The molecule has 7 heteroatoms. The summed E-state index contributed by atoms with van der Waals surface area (Å²) in [5.41, 5.74) is 1.66. The Balaban J connectivity index is 1.30. The topological polar surface area (TPSA) is 77.7 Å². The zero-order valence-corrected chi connectivity index (χ0v) is 16.3. The van der Waals surface area contributed by atoms with Crippen LogP contribution < -0.4 is 5.32 Å². The number of benzene rings is 1. The highest BCUT2D eigenvalue weighted by molar-refractivity contribution is 6.06. The SMILES string of the molecule is CN1[C@@H](CC(=O)N2CCOCC2)CC[C@H]1CNC(=O)c1cccc2[nH]ccc12. The summed E-state index contributed by atoms with van der Waals surface area (Å²) in [5, 5.41) is 4.02. The summed E-state index contributed by atoms with van der Waals surface area (Å²) >= 11 is 0.